The van der Waals surface area contributed by atoms with Crippen molar-refractivity contribution >= 4 is 33.3 Å². The van der Waals surface area contributed by atoms with Gasteiger partial charge >= 0.3 is 0 Å². The van der Waals surface area contributed by atoms with Gasteiger partial charge in [0.05, 0.1) is 23.1 Å². The highest BCUT2D eigenvalue weighted by atomic mass is 35.5. The number of benzene rings is 1. The van der Waals surface area contributed by atoms with E-state index in [4.69, 9.17) is 17.4 Å². The number of hydrogen-bond acceptors (Lipinski definition) is 6. The molecule has 2 rings (SSSR count). The average molecular weight is 314 g/mol. The van der Waals surface area contributed by atoms with Gasteiger partial charge in [0.15, 0.2) is 0 Å². The normalized spacial score (nSPS) is 11.2. The van der Waals surface area contributed by atoms with E-state index in [9.17, 15) is 8.42 Å². The zero-order valence-electron chi connectivity index (χ0n) is 10.5. The van der Waals surface area contributed by atoms with Gasteiger partial charge in [0, 0.05) is 0 Å². The zero-order chi connectivity index (χ0) is 14.8. The molecule has 1 aromatic heterocycles. The molecule has 0 unspecified atom stereocenters. The minimum Gasteiger partial charge on any atom is -0.292 e. The van der Waals surface area contributed by atoms with E-state index in [0.29, 0.717) is 10.7 Å². The molecule has 0 saturated carbocycles. The van der Waals surface area contributed by atoms with Crippen molar-refractivity contribution in [1.29, 1.82) is 0 Å². The highest BCUT2D eigenvalue weighted by molar-refractivity contribution is 7.92. The monoisotopic (exact) mass is 313 g/mol. The number of hydrazine groups is 1. The van der Waals surface area contributed by atoms with E-state index in [2.05, 4.69) is 20.1 Å². The molecule has 106 valence electrons. The minimum atomic E-state index is -3.81. The highest BCUT2D eigenvalue weighted by Gasteiger charge is 2.17. The van der Waals surface area contributed by atoms with Crippen LogP contribution in [0.4, 0.5) is 11.6 Å². The molecule has 0 aliphatic carbocycles. The van der Waals surface area contributed by atoms with E-state index >= 15 is 0 Å². The Hall–Kier alpha value is -1.90. The van der Waals surface area contributed by atoms with E-state index in [1.165, 1.54) is 0 Å². The molecule has 2 aromatic rings. The number of nitrogens with one attached hydrogen (secondary N) is 2. The van der Waals surface area contributed by atoms with Gasteiger partial charge in [0.25, 0.3) is 10.0 Å². The number of hydrogen-bond donors (Lipinski definition) is 3. The van der Waals surface area contributed by atoms with Crippen molar-refractivity contribution in [2.75, 3.05) is 10.1 Å². The van der Waals surface area contributed by atoms with Crippen molar-refractivity contribution in [3.8, 4) is 0 Å². The van der Waals surface area contributed by atoms with E-state index in [-0.39, 0.29) is 10.8 Å². The first-order valence-corrected chi connectivity index (χ1v) is 7.36. The van der Waals surface area contributed by atoms with Crippen LogP contribution in [0.15, 0.2) is 35.5 Å². The van der Waals surface area contributed by atoms with E-state index in [1.54, 1.807) is 18.2 Å². The van der Waals surface area contributed by atoms with Gasteiger partial charge in [-0.25, -0.2) is 24.2 Å². The first-order chi connectivity index (χ1) is 9.42. The second-order valence-electron chi connectivity index (χ2n) is 3.98. The van der Waals surface area contributed by atoms with Gasteiger partial charge in [0.2, 0.25) is 5.95 Å². The van der Waals surface area contributed by atoms with Crippen molar-refractivity contribution in [2.45, 2.75) is 11.8 Å². The van der Waals surface area contributed by atoms with Gasteiger partial charge in [-0.3, -0.25) is 10.1 Å². The van der Waals surface area contributed by atoms with Gasteiger partial charge in [-0.2, -0.15) is 0 Å². The van der Waals surface area contributed by atoms with E-state index in [0.717, 1.165) is 18.0 Å². The van der Waals surface area contributed by atoms with Gasteiger partial charge in [-0.15, -0.1) is 0 Å². The molecule has 0 spiro atoms. The molecule has 0 aliphatic heterocycles. The summed E-state index contributed by atoms with van der Waals surface area (Å²) in [6, 6.07) is 5.04. The Morgan fingerprint density at radius 3 is 2.50 bits per heavy atom. The standard InChI is InChI=1S/C11H12ClN5O2S/c1-7-2-3-9(12)10(4-7)17-20(18,19)8-5-14-11(16-13)15-6-8/h2-6,17H,13H2,1H3,(H,14,15,16). The van der Waals surface area contributed by atoms with Crippen LogP contribution in [0.2, 0.25) is 5.02 Å². The third kappa shape index (κ3) is 3.16. The molecule has 0 saturated heterocycles. The minimum absolute atomic E-state index is 0.0888. The fraction of sp³-hybridized carbons (Fsp3) is 0.0909. The molecule has 0 radical (unpaired) electrons. The third-order valence-electron chi connectivity index (χ3n) is 2.43. The number of rotatable bonds is 4. The van der Waals surface area contributed by atoms with Crippen molar-refractivity contribution < 1.29 is 8.42 Å². The number of aryl methyl sites for hydroxylation is 1. The number of nitrogens with two attached hydrogens (primary N) is 1. The maximum absolute atomic E-state index is 12.2. The summed E-state index contributed by atoms with van der Waals surface area (Å²) in [7, 11) is -3.81. The van der Waals surface area contributed by atoms with Crippen LogP contribution >= 0.6 is 11.6 Å². The summed E-state index contributed by atoms with van der Waals surface area (Å²) in [4.78, 5) is 7.40. The highest BCUT2D eigenvalue weighted by Crippen LogP contribution is 2.25. The van der Waals surface area contributed by atoms with Gasteiger partial charge in [-0.1, -0.05) is 17.7 Å². The van der Waals surface area contributed by atoms with Gasteiger partial charge in [0.1, 0.15) is 4.90 Å². The third-order valence-corrected chi connectivity index (χ3v) is 4.08. The summed E-state index contributed by atoms with van der Waals surface area (Å²) in [5.41, 5.74) is 3.39. The zero-order valence-corrected chi connectivity index (χ0v) is 12.0. The van der Waals surface area contributed by atoms with Crippen LogP contribution in [-0.2, 0) is 10.0 Å². The molecule has 9 heteroatoms. The largest absolute Gasteiger partial charge is 0.292 e. The second-order valence-corrected chi connectivity index (χ2v) is 6.07. The molecule has 0 aliphatic rings. The Bertz CT molecular complexity index is 718. The summed E-state index contributed by atoms with van der Waals surface area (Å²) in [5, 5.41) is 0.306. The van der Waals surface area contributed by atoms with Crippen molar-refractivity contribution in [3.05, 3.63) is 41.2 Å². The fourth-order valence-corrected chi connectivity index (χ4v) is 2.63. The maximum atomic E-state index is 12.2. The first kappa shape index (κ1) is 14.5. The molecule has 1 heterocycles. The number of nitrogens with zero attached hydrogens (tertiary/aromatic N) is 2. The number of aromatic nitrogens is 2. The second kappa shape index (κ2) is 5.61. The summed E-state index contributed by atoms with van der Waals surface area (Å²) in [6.45, 7) is 1.83. The van der Waals surface area contributed by atoms with Crippen LogP contribution in [0.5, 0.6) is 0 Å². The lowest BCUT2D eigenvalue weighted by atomic mass is 10.2. The number of nitrogen functional groups attached to an aromatic ring is 1. The van der Waals surface area contributed by atoms with Crippen LogP contribution in [0.1, 0.15) is 5.56 Å². The number of sulfonamides is 1. The lowest BCUT2D eigenvalue weighted by molar-refractivity contribution is 0.600. The summed E-state index contributed by atoms with van der Waals surface area (Å²) < 4.78 is 26.7. The Labute approximate surface area is 121 Å². The van der Waals surface area contributed by atoms with Gasteiger partial charge < -0.3 is 0 Å². The molecular formula is C11H12ClN5O2S. The summed E-state index contributed by atoms with van der Waals surface area (Å²) in [5.74, 6) is 5.23. The number of anilines is 2. The predicted molar refractivity (Wildman–Crippen MR) is 76.8 cm³/mol. The predicted octanol–water partition coefficient (Wildman–Crippen LogP) is 1.52. The van der Waals surface area contributed by atoms with Crippen LogP contribution < -0.4 is 16.0 Å². The Kier molecular flexibility index (Phi) is 4.07. The van der Waals surface area contributed by atoms with Crippen molar-refractivity contribution in [2.24, 2.45) is 5.84 Å². The summed E-state index contributed by atoms with van der Waals surface area (Å²) >= 11 is 5.95. The Morgan fingerprint density at radius 2 is 1.90 bits per heavy atom. The van der Waals surface area contributed by atoms with Crippen molar-refractivity contribution in [1.82, 2.24) is 9.97 Å². The SMILES string of the molecule is Cc1ccc(Cl)c(NS(=O)(=O)c2cnc(NN)nc2)c1. The smallest absolute Gasteiger partial charge is 0.265 e. The van der Waals surface area contributed by atoms with E-state index in [1.807, 2.05) is 6.92 Å². The molecular weight excluding hydrogens is 302 g/mol. The lowest BCUT2D eigenvalue weighted by Crippen LogP contribution is -2.15. The van der Waals surface area contributed by atoms with Crippen LogP contribution in [0.25, 0.3) is 0 Å². The molecule has 7 nitrogen and oxygen atoms in total. The first-order valence-electron chi connectivity index (χ1n) is 5.50. The summed E-state index contributed by atoms with van der Waals surface area (Å²) in [6.07, 6.45) is 2.29. The topological polar surface area (TPSA) is 110 Å². The molecule has 20 heavy (non-hydrogen) atoms. The molecule has 0 atom stereocenters. The Balaban J connectivity index is 2.32. The molecule has 0 amide bonds. The molecule has 4 N–H and O–H groups in total. The van der Waals surface area contributed by atoms with Crippen LogP contribution in [0, 0.1) is 6.92 Å². The fourth-order valence-electron chi connectivity index (χ4n) is 1.45. The molecule has 0 bridgehead atoms. The lowest BCUT2D eigenvalue weighted by Gasteiger charge is -2.10. The molecule has 0 fully saturated rings. The van der Waals surface area contributed by atoms with Crippen LogP contribution in [0.3, 0.4) is 0 Å². The Morgan fingerprint density at radius 1 is 1.25 bits per heavy atom. The van der Waals surface area contributed by atoms with Crippen LogP contribution in [-0.4, -0.2) is 18.4 Å². The van der Waals surface area contributed by atoms with E-state index < -0.39 is 10.0 Å². The maximum Gasteiger partial charge on any atom is 0.265 e. The molecule has 1 aromatic carbocycles. The quantitative estimate of drug-likeness (QED) is 0.583. The van der Waals surface area contributed by atoms with Crippen molar-refractivity contribution in [3.63, 3.8) is 0 Å². The average Bonchev–Trinajstić information content (AvgIpc) is 2.43. The van der Waals surface area contributed by atoms with Gasteiger partial charge in [-0.05, 0) is 24.6 Å². The number of halogens is 1.